The predicted octanol–water partition coefficient (Wildman–Crippen LogP) is 5.71. The van der Waals surface area contributed by atoms with Gasteiger partial charge < -0.3 is 10.1 Å². The van der Waals surface area contributed by atoms with Gasteiger partial charge in [-0.2, -0.15) is 0 Å². The molecule has 3 aromatic rings. The van der Waals surface area contributed by atoms with E-state index in [1.165, 1.54) is 5.56 Å². The van der Waals surface area contributed by atoms with Crippen molar-refractivity contribution in [2.75, 3.05) is 11.9 Å². The van der Waals surface area contributed by atoms with E-state index in [1.54, 1.807) is 6.07 Å². The number of carbonyl (C=O) groups is 1. The Morgan fingerprint density at radius 1 is 0.885 bits per heavy atom. The van der Waals surface area contributed by atoms with Crippen LogP contribution in [0.5, 0.6) is 5.75 Å². The number of aryl methyl sites for hydroxylation is 1. The van der Waals surface area contributed by atoms with Crippen molar-refractivity contribution < 1.29 is 9.53 Å². The van der Waals surface area contributed by atoms with E-state index in [4.69, 9.17) is 4.74 Å². The Bertz CT molecular complexity index is 848. The smallest absolute Gasteiger partial charge is 0.256 e. The SMILES string of the molecule is O=C(Nc1ccc(OCCCc2ccccc2)cc1)c1ccccc1Br. The second kappa shape index (κ2) is 9.20. The van der Waals surface area contributed by atoms with Gasteiger partial charge in [0, 0.05) is 10.2 Å². The monoisotopic (exact) mass is 409 g/mol. The summed E-state index contributed by atoms with van der Waals surface area (Å²) in [6, 6.07) is 25.2. The standard InChI is InChI=1S/C22H20BrNO2/c23-21-11-5-4-10-20(21)22(25)24-18-12-14-19(15-13-18)26-16-6-9-17-7-2-1-3-8-17/h1-5,7-8,10-15H,6,9,16H2,(H,24,25). The van der Waals surface area contributed by atoms with Gasteiger partial charge in [0.15, 0.2) is 0 Å². The normalized spacial score (nSPS) is 10.3. The highest BCUT2D eigenvalue weighted by atomic mass is 79.9. The Morgan fingerprint density at radius 2 is 1.58 bits per heavy atom. The maximum Gasteiger partial charge on any atom is 0.256 e. The summed E-state index contributed by atoms with van der Waals surface area (Å²) in [6.45, 7) is 0.664. The van der Waals surface area contributed by atoms with Crippen molar-refractivity contribution in [3.63, 3.8) is 0 Å². The Morgan fingerprint density at radius 3 is 2.31 bits per heavy atom. The van der Waals surface area contributed by atoms with Crippen LogP contribution >= 0.6 is 15.9 Å². The van der Waals surface area contributed by atoms with Crippen LogP contribution in [-0.2, 0) is 6.42 Å². The molecule has 0 aliphatic rings. The van der Waals surface area contributed by atoms with Crippen molar-refractivity contribution in [1.82, 2.24) is 0 Å². The molecule has 0 aromatic heterocycles. The molecule has 0 radical (unpaired) electrons. The molecule has 132 valence electrons. The molecule has 0 saturated carbocycles. The molecule has 0 fully saturated rings. The fourth-order valence-corrected chi connectivity index (χ4v) is 3.05. The largest absolute Gasteiger partial charge is 0.494 e. The first-order chi connectivity index (χ1) is 12.7. The summed E-state index contributed by atoms with van der Waals surface area (Å²) in [5.74, 6) is 0.658. The lowest BCUT2D eigenvalue weighted by molar-refractivity contribution is 0.102. The van der Waals surface area contributed by atoms with E-state index < -0.39 is 0 Å². The van der Waals surface area contributed by atoms with Crippen LogP contribution in [0.2, 0.25) is 0 Å². The van der Waals surface area contributed by atoms with Crippen LogP contribution in [0, 0.1) is 0 Å². The minimum absolute atomic E-state index is 0.144. The maximum atomic E-state index is 12.3. The lowest BCUT2D eigenvalue weighted by atomic mass is 10.1. The zero-order valence-electron chi connectivity index (χ0n) is 14.3. The Hall–Kier alpha value is -2.59. The van der Waals surface area contributed by atoms with E-state index in [0.717, 1.165) is 28.8 Å². The summed E-state index contributed by atoms with van der Waals surface area (Å²) in [4.78, 5) is 12.3. The molecule has 0 aliphatic carbocycles. The molecule has 1 amide bonds. The minimum atomic E-state index is -0.144. The number of ether oxygens (including phenoxy) is 1. The number of anilines is 1. The summed E-state index contributed by atoms with van der Waals surface area (Å²) in [7, 11) is 0. The second-order valence-electron chi connectivity index (χ2n) is 5.90. The van der Waals surface area contributed by atoms with Crippen LogP contribution < -0.4 is 10.1 Å². The quantitative estimate of drug-likeness (QED) is 0.507. The first-order valence-corrected chi connectivity index (χ1v) is 9.34. The van der Waals surface area contributed by atoms with Gasteiger partial charge in [0.2, 0.25) is 0 Å². The number of hydrogen-bond acceptors (Lipinski definition) is 2. The fourth-order valence-electron chi connectivity index (χ4n) is 2.59. The van der Waals surface area contributed by atoms with Crippen molar-refractivity contribution in [2.45, 2.75) is 12.8 Å². The number of nitrogens with one attached hydrogen (secondary N) is 1. The zero-order valence-corrected chi connectivity index (χ0v) is 15.9. The molecule has 0 atom stereocenters. The first-order valence-electron chi connectivity index (χ1n) is 8.55. The maximum absolute atomic E-state index is 12.3. The molecule has 1 N–H and O–H groups in total. The van der Waals surface area contributed by atoms with Crippen LogP contribution in [0.15, 0.2) is 83.3 Å². The number of halogens is 1. The number of rotatable bonds is 7. The molecule has 0 spiro atoms. The van der Waals surface area contributed by atoms with Crippen LogP contribution in [0.1, 0.15) is 22.3 Å². The van der Waals surface area contributed by atoms with Crippen molar-refractivity contribution >= 4 is 27.5 Å². The zero-order chi connectivity index (χ0) is 18.2. The van der Waals surface area contributed by atoms with E-state index in [1.807, 2.05) is 48.5 Å². The van der Waals surface area contributed by atoms with Gasteiger partial charge in [0.1, 0.15) is 5.75 Å². The van der Waals surface area contributed by atoms with Crippen molar-refractivity contribution in [2.24, 2.45) is 0 Å². The van der Waals surface area contributed by atoms with Crippen LogP contribution in [0.25, 0.3) is 0 Å². The molecule has 26 heavy (non-hydrogen) atoms. The highest BCUT2D eigenvalue weighted by Gasteiger charge is 2.09. The predicted molar refractivity (Wildman–Crippen MR) is 109 cm³/mol. The van der Waals surface area contributed by atoms with Crippen molar-refractivity contribution in [3.05, 3.63) is 94.5 Å². The third-order valence-corrected chi connectivity index (χ3v) is 4.64. The van der Waals surface area contributed by atoms with E-state index in [-0.39, 0.29) is 5.91 Å². The highest BCUT2D eigenvalue weighted by Crippen LogP contribution is 2.20. The summed E-state index contributed by atoms with van der Waals surface area (Å²) < 4.78 is 6.55. The van der Waals surface area contributed by atoms with E-state index in [9.17, 15) is 4.79 Å². The minimum Gasteiger partial charge on any atom is -0.494 e. The van der Waals surface area contributed by atoms with E-state index >= 15 is 0 Å². The van der Waals surface area contributed by atoms with Gasteiger partial charge in [-0.15, -0.1) is 0 Å². The lowest BCUT2D eigenvalue weighted by Gasteiger charge is -2.09. The van der Waals surface area contributed by atoms with E-state index in [2.05, 4.69) is 45.5 Å². The van der Waals surface area contributed by atoms with Crippen LogP contribution in [0.4, 0.5) is 5.69 Å². The van der Waals surface area contributed by atoms with E-state index in [0.29, 0.717) is 12.2 Å². The second-order valence-corrected chi connectivity index (χ2v) is 6.75. The average Bonchev–Trinajstić information content (AvgIpc) is 2.67. The van der Waals surface area contributed by atoms with Gasteiger partial charge in [-0.05, 0) is 70.7 Å². The van der Waals surface area contributed by atoms with Crippen LogP contribution in [0.3, 0.4) is 0 Å². The third-order valence-electron chi connectivity index (χ3n) is 3.95. The number of benzene rings is 3. The molecule has 0 saturated heterocycles. The summed E-state index contributed by atoms with van der Waals surface area (Å²) in [6.07, 6.45) is 1.96. The Balaban J connectivity index is 1.47. The average molecular weight is 410 g/mol. The van der Waals surface area contributed by atoms with Crippen molar-refractivity contribution in [1.29, 1.82) is 0 Å². The molecule has 0 unspecified atom stereocenters. The molecule has 3 aromatic carbocycles. The number of hydrogen-bond donors (Lipinski definition) is 1. The van der Waals surface area contributed by atoms with Gasteiger partial charge in [-0.1, -0.05) is 42.5 Å². The van der Waals surface area contributed by atoms with Gasteiger partial charge in [0.25, 0.3) is 5.91 Å². The Kier molecular flexibility index (Phi) is 6.45. The topological polar surface area (TPSA) is 38.3 Å². The van der Waals surface area contributed by atoms with Gasteiger partial charge in [-0.25, -0.2) is 0 Å². The van der Waals surface area contributed by atoms with Gasteiger partial charge >= 0.3 is 0 Å². The fraction of sp³-hybridized carbons (Fsp3) is 0.136. The number of carbonyl (C=O) groups excluding carboxylic acids is 1. The molecular weight excluding hydrogens is 390 g/mol. The molecule has 0 bridgehead atoms. The molecule has 0 heterocycles. The summed E-state index contributed by atoms with van der Waals surface area (Å²) >= 11 is 3.39. The Labute approximate surface area is 162 Å². The molecular formula is C22H20BrNO2. The van der Waals surface area contributed by atoms with Gasteiger partial charge in [0.05, 0.1) is 12.2 Å². The molecule has 4 heteroatoms. The number of amides is 1. The highest BCUT2D eigenvalue weighted by molar-refractivity contribution is 9.10. The summed E-state index contributed by atoms with van der Waals surface area (Å²) in [5, 5.41) is 2.89. The van der Waals surface area contributed by atoms with Gasteiger partial charge in [-0.3, -0.25) is 4.79 Å². The first kappa shape index (κ1) is 18.2. The molecule has 0 aliphatic heterocycles. The third kappa shape index (κ3) is 5.20. The van der Waals surface area contributed by atoms with Crippen LogP contribution in [-0.4, -0.2) is 12.5 Å². The molecule has 3 rings (SSSR count). The lowest BCUT2D eigenvalue weighted by Crippen LogP contribution is -2.12. The summed E-state index contributed by atoms with van der Waals surface area (Å²) in [5.41, 5.74) is 2.66. The van der Waals surface area contributed by atoms with Crippen molar-refractivity contribution in [3.8, 4) is 5.75 Å². The molecule has 3 nitrogen and oxygen atoms in total.